The molecule has 4 heteroatoms. The van der Waals surface area contributed by atoms with Crippen LogP contribution in [0.2, 0.25) is 5.02 Å². The highest BCUT2D eigenvalue weighted by atomic mass is 35.5. The molecule has 0 aliphatic rings. The van der Waals surface area contributed by atoms with Gasteiger partial charge in [-0.2, -0.15) is 0 Å². The van der Waals surface area contributed by atoms with Crippen molar-refractivity contribution in [1.82, 2.24) is 5.32 Å². The van der Waals surface area contributed by atoms with Crippen molar-refractivity contribution in [3.05, 3.63) is 34.9 Å². The summed E-state index contributed by atoms with van der Waals surface area (Å²) < 4.78 is 10.7. The summed E-state index contributed by atoms with van der Waals surface area (Å²) in [7, 11) is 3.31. The maximum Gasteiger partial charge on any atom is 0.172 e. The van der Waals surface area contributed by atoms with Crippen LogP contribution < -0.4 is 5.32 Å². The van der Waals surface area contributed by atoms with Crippen LogP contribution in [0.4, 0.5) is 0 Å². The Morgan fingerprint density at radius 1 is 1.22 bits per heavy atom. The molecule has 0 saturated carbocycles. The number of rotatable bonds is 8. The van der Waals surface area contributed by atoms with Gasteiger partial charge in [-0.1, -0.05) is 36.7 Å². The Hall–Kier alpha value is -0.610. The first-order chi connectivity index (χ1) is 8.72. The molecule has 1 aromatic carbocycles. The van der Waals surface area contributed by atoms with Crippen molar-refractivity contribution in [3.63, 3.8) is 0 Å². The molecule has 0 radical (unpaired) electrons. The van der Waals surface area contributed by atoms with Crippen LogP contribution in [0.5, 0.6) is 0 Å². The number of halogens is 1. The van der Waals surface area contributed by atoms with E-state index in [0.29, 0.717) is 0 Å². The summed E-state index contributed by atoms with van der Waals surface area (Å²) in [6.45, 7) is 3.06. The highest BCUT2D eigenvalue weighted by molar-refractivity contribution is 6.31. The van der Waals surface area contributed by atoms with Gasteiger partial charge in [0.15, 0.2) is 6.29 Å². The van der Waals surface area contributed by atoms with Crippen LogP contribution in [-0.2, 0) is 15.9 Å². The first kappa shape index (κ1) is 15.4. The standard InChI is InChI=1S/C14H22ClNO2/c1-4-9-16-13(14(17-2)18-3)10-11-7-5-6-8-12(11)15/h5-8,13-14,16H,4,9-10H2,1-3H3. The molecule has 0 aromatic heterocycles. The van der Waals surface area contributed by atoms with Crippen LogP contribution in [-0.4, -0.2) is 33.1 Å². The van der Waals surface area contributed by atoms with Crippen molar-refractivity contribution in [2.45, 2.75) is 32.1 Å². The third kappa shape index (κ3) is 4.58. The van der Waals surface area contributed by atoms with E-state index in [0.717, 1.165) is 30.0 Å². The SMILES string of the molecule is CCCNC(Cc1ccccc1Cl)C(OC)OC. The second-order valence-corrected chi connectivity index (χ2v) is 4.60. The van der Waals surface area contributed by atoms with Crippen molar-refractivity contribution < 1.29 is 9.47 Å². The van der Waals surface area contributed by atoms with Crippen molar-refractivity contribution in [2.75, 3.05) is 20.8 Å². The maximum absolute atomic E-state index is 6.18. The molecule has 0 heterocycles. The van der Waals surface area contributed by atoms with Crippen molar-refractivity contribution in [3.8, 4) is 0 Å². The van der Waals surface area contributed by atoms with Crippen molar-refractivity contribution >= 4 is 11.6 Å². The molecule has 1 N–H and O–H groups in total. The van der Waals surface area contributed by atoms with E-state index in [-0.39, 0.29) is 12.3 Å². The van der Waals surface area contributed by atoms with E-state index in [4.69, 9.17) is 21.1 Å². The van der Waals surface area contributed by atoms with Gasteiger partial charge in [-0.3, -0.25) is 0 Å². The lowest BCUT2D eigenvalue weighted by molar-refractivity contribution is -0.122. The van der Waals surface area contributed by atoms with Gasteiger partial charge >= 0.3 is 0 Å². The van der Waals surface area contributed by atoms with Crippen molar-refractivity contribution in [2.24, 2.45) is 0 Å². The molecule has 102 valence electrons. The predicted octanol–water partition coefficient (Wildman–Crippen LogP) is 2.87. The van der Waals surface area contributed by atoms with Gasteiger partial charge in [-0.05, 0) is 31.0 Å². The predicted molar refractivity (Wildman–Crippen MR) is 75.0 cm³/mol. The third-order valence-electron chi connectivity index (χ3n) is 2.85. The Kier molecular flexibility index (Phi) is 7.28. The average Bonchev–Trinajstić information content (AvgIpc) is 2.39. The molecule has 18 heavy (non-hydrogen) atoms. The quantitative estimate of drug-likeness (QED) is 0.738. The topological polar surface area (TPSA) is 30.5 Å². The summed E-state index contributed by atoms with van der Waals surface area (Å²) in [5, 5.41) is 4.22. The van der Waals surface area contributed by atoms with E-state index in [1.807, 2.05) is 24.3 Å². The van der Waals surface area contributed by atoms with Crippen LogP contribution in [0.25, 0.3) is 0 Å². The smallest absolute Gasteiger partial charge is 0.172 e. The van der Waals surface area contributed by atoms with Crippen molar-refractivity contribution in [1.29, 1.82) is 0 Å². The first-order valence-electron chi connectivity index (χ1n) is 6.25. The van der Waals surface area contributed by atoms with Gasteiger partial charge in [-0.25, -0.2) is 0 Å². The summed E-state index contributed by atoms with van der Waals surface area (Å²) >= 11 is 6.18. The number of benzene rings is 1. The molecule has 1 unspecified atom stereocenters. The monoisotopic (exact) mass is 271 g/mol. The number of hydrogen-bond acceptors (Lipinski definition) is 3. The Morgan fingerprint density at radius 2 is 1.89 bits per heavy atom. The van der Waals surface area contributed by atoms with E-state index < -0.39 is 0 Å². The van der Waals surface area contributed by atoms with Gasteiger partial charge in [0.05, 0.1) is 6.04 Å². The highest BCUT2D eigenvalue weighted by Crippen LogP contribution is 2.18. The van der Waals surface area contributed by atoms with Gasteiger partial charge in [0.1, 0.15) is 0 Å². The zero-order valence-electron chi connectivity index (χ0n) is 11.3. The number of nitrogens with one attached hydrogen (secondary N) is 1. The van der Waals surface area contributed by atoms with Crippen LogP contribution in [0.1, 0.15) is 18.9 Å². The lowest BCUT2D eigenvalue weighted by atomic mass is 10.1. The Balaban J connectivity index is 2.74. The molecule has 0 aliphatic heterocycles. The van der Waals surface area contributed by atoms with E-state index in [1.165, 1.54) is 0 Å². The minimum atomic E-state index is -0.271. The van der Waals surface area contributed by atoms with Gasteiger partial charge in [0, 0.05) is 19.2 Å². The average molecular weight is 272 g/mol. The molecule has 0 fully saturated rings. The Morgan fingerprint density at radius 3 is 2.44 bits per heavy atom. The number of ether oxygens (including phenoxy) is 2. The van der Waals surface area contributed by atoms with Crippen LogP contribution in [0.3, 0.4) is 0 Å². The zero-order chi connectivity index (χ0) is 13.4. The summed E-state index contributed by atoms with van der Waals surface area (Å²) in [5.74, 6) is 0. The Bertz CT molecular complexity index is 342. The lowest BCUT2D eigenvalue weighted by Crippen LogP contribution is -2.44. The molecule has 1 aromatic rings. The van der Waals surface area contributed by atoms with Gasteiger partial charge in [0.2, 0.25) is 0 Å². The second kappa shape index (κ2) is 8.48. The molecule has 1 rings (SSSR count). The van der Waals surface area contributed by atoms with E-state index in [2.05, 4.69) is 12.2 Å². The van der Waals surface area contributed by atoms with E-state index >= 15 is 0 Å². The number of hydrogen-bond donors (Lipinski definition) is 1. The second-order valence-electron chi connectivity index (χ2n) is 4.20. The molecule has 0 amide bonds. The number of methoxy groups -OCH3 is 2. The summed E-state index contributed by atoms with van der Waals surface area (Å²) in [6, 6.07) is 7.96. The van der Waals surface area contributed by atoms with Gasteiger partial charge in [-0.15, -0.1) is 0 Å². The fourth-order valence-corrected chi connectivity index (χ4v) is 2.13. The highest BCUT2D eigenvalue weighted by Gasteiger charge is 2.21. The van der Waals surface area contributed by atoms with Crippen LogP contribution in [0.15, 0.2) is 24.3 Å². The normalized spacial score (nSPS) is 12.9. The molecular weight excluding hydrogens is 250 g/mol. The lowest BCUT2D eigenvalue weighted by Gasteiger charge is -2.26. The molecule has 0 bridgehead atoms. The molecule has 0 saturated heterocycles. The molecule has 0 spiro atoms. The molecule has 0 aliphatic carbocycles. The maximum atomic E-state index is 6.18. The molecule has 3 nitrogen and oxygen atoms in total. The fraction of sp³-hybridized carbons (Fsp3) is 0.571. The first-order valence-corrected chi connectivity index (χ1v) is 6.63. The zero-order valence-corrected chi connectivity index (χ0v) is 12.0. The van der Waals surface area contributed by atoms with Gasteiger partial charge in [0.25, 0.3) is 0 Å². The van der Waals surface area contributed by atoms with Gasteiger partial charge < -0.3 is 14.8 Å². The van der Waals surface area contributed by atoms with E-state index in [9.17, 15) is 0 Å². The van der Waals surface area contributed by atoms with Crippen LogP contribution in [0, 0.1) is 0 Å². The third-order valence-corrected chi connectivity index (χ3v) is 3.22. The summed E-state index contributed by atoms with van der Waals surface area (Å²) in [4.78, 5) is 0. The summed E-state index contributed by atoms with van der Waals surface area (Å²) in [6.07, 6.45) is 1.58. The molecule has 1 atom stereocenters. The minimum absolute atomic E-state index is 0.0971. The summed E-state index contributed by atoms with van der Waals surface area (Å²) in [5.41, 5.74) is 1.10. The fourth-order valence-electron chi connectivity index (χ4n) is 1.92. The molecular formula is C14H22ClNO2. The minimum Gasteiger partial charge on any atom is -0.354 e. The largest absolute Gasteiger partial charge is 0.354 e. The van der Waals surface area contributed by atoms with Crippen LogP contribution >= 0.6 is 11.6 Å². The Labute approximate surface area is 114 Å². The van der Waals surface area contributed by atoms with E-state index in [1.54, 1.807) is 14.2 Å².